The molecular formula is C16H33IN8. The number of piperazine rings is 1. The third kappa shape index (κ3) is 7.45. The monoisotopic (exact) mass is 464 g/mol. The van der Waals surface area contributed by atoms with Gasteiger partial charge in [-0.05, 0) is 6.54 Å². The second-order valence-electron chi connectivity index (χ2n) is 6.00. The van der Waals surface area contributed by atoms with Crippen molar-refractivity contribution in [1.29, 1.82) is 0 Å². The highest BCUT2D eigenvalue weighted by Crippen LogP contribution is 1.99. The highest BCUT2D eigenvalue weighted by molar-refractivity contribution is 14.0. The van der Waals surface area contributed by atoms with Crippen LogP contribution in [0.15, 0.2) is 11.3 Å². The Kier molecular flexibility index (Phi) is 11.0. The molecule has 0 aliphatic carbocycles. The topological polar surface area (TPSA) is 73.6 Å². The van der Waals surface area contributed by atoms with Crippen molar-refractivity contribution in [3.05, 3.63) is 12.2 Å². The van der Waals surface area contributed by atoms with Crippen LogP contribution in [0.1, 0.15) is 19.7 Å². The molecule has 1 fully saturated rings. The van der Waals surface area contributed by atoms with Gasteiger partial charge in [0.1, 0.15) is 12.2 Å². The lowest BCUT2D eigenvalue weighted by Gasteiger charge is -2.34. The largest absolute Gasteiger partial charge is 0.355 e. The van der Waals surface area contributed by atoms with E-state index in [1.165, 1.54) is 13.1 Å². The molecule has 1 saturated heterocycles. The number of hydrogen-bond acceptors (Lipinski definition) is 5. The minimum absolute atomic E-state index is 0. The molecule has 0 aromatic carbocycles. The fraction of sp³-hybridized carbons (Fsp3) is 0.812. The van der Waals surface area contributed by atoms with Gasteiger partial charge in [-0.15, -0.1) is 34.2 Å². The van der Waals surface area contributed by atoms with E-state index in [1.807, 2.05) is 7.05 Å². The molecule has 2 rings (SSSR count). The lowest BCUT2D eigenvalue weighted by Crippen LogP contribution is -2.49. The van der Waals surface area contributed by atoms with Gasteiger partial charge in [-0.2, -0.15) is 0 Å². The Morgan fingerprint density at radius 3 is 2.32 bits per heavy atom. The minimum atomic E-state index is 0. The summed E-state index contributed by atoms with van der Waals surface area (Å²) in [6, 6.07) is 0. The Morgan fingerprint density at radius 2 is 1.72 bits per heavy atom. The Balaban J connectivity index is 0.00000312. The number of guanidine groups is 1. The van der Waals surface area contributed by atoms with Gasteiger partial charge in [-0.25, -0.2) is 0 Å². The van der Waals surface area contributed by atoms with Gasteiger partial charge in [0, 0.05) is 65.8 Å². The highest BCUT2D eigenvalue weighted by atomic mass is 127. The fourth-order valence-corrected chi connectivity index (χ4v) is 2.92. The number of rotatable bonds is 8. The standard InChI is InChI=1S/C16H32N8.HI/c1-4-15-21-20-14-24(15)9-7-19-16(17-3)18-6-8-23-12-10-22(5-2)11-13-23;/h14H,4-13H2,1-3H3,(H2,17,18,19);1H. The Hall–Kier alpha value is -0.940. The van der Waals surface area contributed by atoms with Crippen LogP contribution in [0.4, 0.5) is 0 Å². The number of aliphatic imine (C=N–C) groups is 1. The number of aromatic nitrogens is 3. The average Bonchev–Trinajstić information content (AvgIpc) is 3.08. The maximum absolute atomic E-state index is 4.28. The van der Waals surface area contributed by atoms with Crippen LogP contribution in [0.3, 0.4) is 0 Å². The molecule has 0 saturated carbocycles. The van der Waals surface area contributed by atoms with E-state index in [0.717, 1.165) is 64.0 Å². The summed E-state index contributed by atoms with van der Waals surface area (Å²) in [7, 11) is 1.81. The van der Waals surface area contributed by atoms with Crippen molar-refractivity contribution < 1.29 is 0 Å². The van der Waals surface area contributed by atoms with E-state index < -0.39 is 0 Å². The summed E-state index contributed by atoms with van der Waals surface area (Å²) >= 11 is 0. The van der Waals surface area contributed by atoms with Gasteiger partial charge in [0.2, 0.25) is 0 Å². The number of halogens is 1. The fourth-order valence-electron chi connectivity index (χ4n) is 2.92. The van der Waals surface area contributed by atoms with Crippen LogP contribution in [0.2, 0.25) is 0 Å². The Bertz CT molecular complexity index is 496. The van der Waals surface area contributed by atoms with Crippen molar-refractivity contribution in [2.75, 3.05) is 59.4 Å². The van der Waals surface area contributed by atoms with Gasteiger partial charge in [0.15, 0.2) is 5.96 Å². The van der Waals surface area contributed by atoms with E-state index in [4.69, 9.17) is 0 Å². The van der Waals surface area contributed by atoms with Gasteiger partial charge >= 0.3 is 0 Å². The Morgan fingerprint density at radius 1 is 1.08 bits per heavy atom. The van der Waals surface area contributed by atoms with Crippen LogP contribution < -0.4 is 10.6 Å². The van der Waals surface area contributed by atoms with Crippen LogP contribution in [-0.4, -0.2) is 89.9 Å². The molecule has 0 bridgehead atoms. The van der Waals surface area contributed by atoms with Crippen molar-refractivity contribution in [2.24, 2.45) is 4.99 Å². The van der Waals surface area contributed by atoms with Crippen LogP contribution in [0, 0.1) is 0 Å². The summed E-state index contributed by atoms with van der Waals surface area (Å²) in [6.07, 6.45) is 2.69. The predicted molar refractivity (Wildman–Crippen MR) is 113 cm³/mol. The van der Waals surface area contributed by atoms with Crippen LogP contribution >= 0.6 is 24.0 Å². The summed E-state index contributed by atoms with van der Waals surface area (Å²) in [5.41, 5.74) is 0. The van der Waals surface area contributed by atoms with E-state index in [1.54, 1.807) is 6.33 Å². The molecule has 144 valence electrons. The van der Waals surface area contributed by atoms with Crippen molar-refractivity contribution in [3.8, 4) is 0 Å². The molecule has 1 aromatic heterocycles. The normalized spacial score (nSPS) is 16.5. The molecular weight excluding hydrogens is 431 g/mol. The lowest BCUT2D eigenvalue weighted by atomic mass is 10.3. The van der Waals surface area contributed by atoms with E-state index in [-0.39, 0.29) is 24.0 Å². The first kappa shape index (κ1) is 22.1. The van der Waals surface area contributed by atoms with Gasteiger partial charge in [-0.1, -0.05) is 13.8 Å². The average molecular weight is 464 g/mol. The number of hydrogen-bond donors (Lipinski definition) is 2. The zero-order valence-corrected chi connectivity index (χ0v) is 18.1. The zero-order chi connectivity index (χ0) is 17.2. The van der Waals surface area contributed by atoms with Crippen LogP contribution in [0.5, 0.6) is 0 Å². The van der Waals surface area contributed by atoms with Crippen molar-refractivity contribution in [1.82, 2.24) is 35.2 Å². The summed E-state index contributed by atoms with van der Waals surface area (Å²) in [5, 5.41) is 14.8. The summed E-state index contributed by atoms with van der Waals surface area (Å²) < 4.78 is 2.08. The second-order valence-corrected chi connectivity index (χ2v) is 6.00. The molecule has 2 heterocycles. The van der Waals surface area contributed by atoms with Crippen LogP contribution in [0.25, 0.3) is 0 Å². The van der Waals surface area contributed by atoms with Crippen molar-refractivity contribution >= 4 is 29.9 Å². The van der Waals surface area contributed by atoms with Gasteiger partial charge in [0.05, 0.1) is 0 Å². The molecule has 9 heteroatoms. The minimum Gasteiger partial charge on any atom is -0.355 e. The smallest absolute Gasteiger partial charge is 0.191 e. The van der Waals surface area contributed by atoms with E-state index in [9.17, 15) is 0 Å². The SMILES string of the molecule is CCc1nncn1CCNC(=NC)NCCN1CCN(CC)CC1.I. The number of nitrogens with zero attached hydrogens (tertiary/aromatic N) is 6. The highest BCUT2D eigenvalue weighted by Gasteiger charge is 2.14. The summed E-state index contributed by atoms with van der Waals surface area (Å²) in [6.45, 7) is 13.8. The molecule has 0 atom stereocenters. The Labute approximate surface area is 168 Å². The molecule has 0 unspecified atom stereocenters. The summed E-state index contributed by atoms with van der Waals surface area (Å²) in [5.74, 6) is 1.87. The van der Waals surface area contributed by atoms with Crippen molar-refractivity contribution in [2.45, 2.75) is 26.8 Å². The van der Waals surface area contributed by atoms with E-state index >= 15 is 0 Å². The first-order valence-electron chi connectivity index (χ1n) is 9.02. The first-order chi connectivity index (χ1) is 11.8. The van der Waals surface area contributed by atoms with Gasteiger partial charge < -0.3 is 20.1 Å². The number of aryl methyl sites for hydroxylation is 1. The van der Waals surface area contributed by atoms with Gasteiger partial charge in [-0.3, -0.25) is 9.89 Å². The quantitative estimate of drug-likeness (QED) is 0.327. The number of nitrogens with one attached hydrogen (secondary N) is 2. The summed E-state index contributed by atoms with van der Waals surface area (Å²) in [4.78, 5) is 9.30. The number of likely N-dealkylation sites (N-methyl/N-ethyl adjacent to an activating group) is 1. The molecule has 0 amide bonds. The van der Waals surface area contributed by atoms with E-state index in [0.29, 0.717) is 0 Å². The third-order valence-electron chi connectivity index (χ3n) is 4.51. The predicted octanol–water partition coefficient (Wildman–Crippen LogP) is 0.261. The van der Waals surface area contributed by atoms with E-state index in [2.05, 4.69) is 54.0 Å². The van der Waals surface area contributed by atoms with Crippen LogP contribution in [-0.2, 0) is 13.0 Å². The first-order valence-corrected chi connectivity index (χ1v) is 9.02. The van der Waals surface area contributed by atoms with Gasteiger partial charge in [0.25, 0.3) is 0 Å². The molecule has 8 nitrogen and oxygen atoms in total. The zero-order valence-electron chi connectivity index (χ0n) is 15.7. The molecule has 1 aromatic rings. The third-order valence-corrected chi connectivity index (χ3v) is 4.51. The van der Waals surface area contributed by atoms with Crippen molar-refractivity contribution in [3.63, 3.8) is 0 Å². The maximum atomic E-state index is 4.28. The molecule has 1 aliphatic rings. The molecule has 25 heavy (non-hydrogen) atoms. The second kappa shape index (κ2) is 12.4. The lowest BCUT2D eigenvalue weighted by molar-refractivity contribution is 0.139. The molecule has 0 spiro atoms. The molecule has 1 aliphatic heterocycles. The maximum Gasteiger partial charge on any atom is 0.191 e. The molecule has 0 radical (unpaired) electrons. The molecule has 2 N–H and O–H groups in total.